The number of methoxy groups -OCH3 is 2. The number of hydrogen-bond donors (Lipinski definition) is 0. The van der Waals surface area contributed by atoms with Gasteiger partial charge >= 0.3 is 0 Å². The summed E-state index contributed by atoms with van der Waals surface area (Å²) in [6.07, 6.45) is 0. The van der Waals surface area contributed by atoms with Crippen LogP contribution in [0.25, 0.3) is 0 Å². The first-order valence-electron chi connectivity index (χ1n) is 7.88. The van der Waals surface area contributed by atoms with Crippen molar-refractivity contribution >= 4 is 17.5 Å². The van der Waals surface area contributed by atoms with Crippen LogP contribution in [0.5, 0.6) is 17.2 Å². The average Bonchev–Trinajstić information content (AvgIpc) is 2.63. The highest BCUT2D eigenvalue weighted by Gasteiger charge is 2.18. The predicted molar refractivity (Wildman–Crippen MR) is 98.0 cm³/mol. The first-order valence-corrected chi connectivity index (χ1v) is 8.26. The monoisotopic (exact) mass is 363 g/mol. The smallest absolute Gasteiger partial charge is 0.254 e. The molecule has 2 aromatic carbocycles. The second-order valence-electron chi connectivity index (χ2n) is 5.43. The number of ether oxygens (including phenoxy) is 3. The summed E-state index contributed by atoms with van der Waals surface area (Å²) in [6, 6.07) is 10.8. The van der Waals surface area contributed by atoms with E-state index in [2.05, 4.69) is 0 Å². The number of rotatable bonds is 7. The number of carbonyl (C=O) groups excluding carboxylic acids is 1. The molecule has 0 N–H and O–H groups in total. The van der Waals surface area contributed by atoms with Crippen molar-refractivity contribution in [2.24, 2.45) is 0 Å². The molecule has 2 aromatic rings. The van der Waals surface area contributed by atoms with E-state index in [1.807, 2.05) is 31.2 Å². The number of halogens is 1. The molecule has 0 aromatic heterocycles. The highest BCUT2D eigenvalue weighted by atomic mass is 35.5. The van der Waals surface area contributed by atoms with Gasteiger partial charge in [0.05, 0.1) is 25.8 Å². The summed E-state index contributed by atoms with van der Waals surface area (Å²) >= 11 is 6.24. The van der Waals surface area contributed by atoms with Gasteiger partial charge in [0.2, 0.25) is 0 Å². The van der Waals surface area contributed by atoms with Crippen molar-refractivity contribution in [3.05, 3.63) is 52.5 Å². The van der Waals surface area contributed by atoms with E-state index in [0.717, 1.165) is 11.3 Å². The second kappa shape index (κ2) is 8.62. The summed E-state index contributed by atoms with van der Waals surface area (Å²) in [5, 5.41) is 0.349. The van der Waals surface area contributed by atoms with Crippen LogP contribution in [0.4, 0.5) is 0 Å². The van der Waals surface area contributed by atoms with Gasteiger partial charge in [-0.1, -0.05) is 23.7 Å². The predicted octanol–water partition coefficient (Wildman–Crippen LogP) is 4.03. The standard InChI is InChI=1S/C19H22ClNO4/c1-5-25-18-16(20)10-14(11-17(18)24-4)19(22)21(2)12-13-6-8-15(23-3)9-7-13/h6-11H,5,12H2,1-4H3. The summed E-state index contributed by atoms with van der Waals surface area (Å²) in [5.41, 5.74) is 1.45. The third-order valence-corrected chi connectivity index (χ3v) is 3.97. The summed E-state index contributed by atoms with van der Waals surface area (Å²) < 4.78 is 15.9. The van der Waals surface area contributed by atoms with E-state index in [4.69, 9.17) is 25.8 Å². The molecule has 0 spiro atoms. The molecule has 0 heterocycles. The lowest BCUT2D eigenvalue weighted by molar-refractivity contribution is 0.0784. The van der Waals surface area contributed by atoms with E-state index < -0.39 is 0 Å². The lowest BCUT2D eigenvalue weighted by Gasteiger charge is -2.19. The van der Waals surface area contributed by atoms with Gasteiger partial charge in [-0.25, -0.2) is 0 Å². The van der Waals surface area contributed by atoms with Gasteiger partial charge in [-0.05, 0) is 36.8 Å². The van der Waals surface area contributed by atoms with Crippen LogP contribution >= 0.6 is 11.6 Å². The largest absolute Gasteiger partial charge is 0.497 e. The SMILES string of the molecule is CCOc1c(Cl)cc(C(=O)N(C)Cc2ccc(OC)cc2)cc1OC. The van der Waals surface area contributed by atoms with Gasteiger partial charge in [-0.15, -0.1) is 0 Å². The Morgan fingerprint density at radius 1 is 1.12 bits per heavy atom. The van der Waals surface area contributed by atoms with Crippen molar-refractivity contribution in [2.75, 3.05) is 27.9 Å². The summed E-state index contributed by atoms with van der Waals surface area (Å²) in [4.78, 5) is 14.3. The van der Waals surface area contributed by atoms with Gasteiger partial charge < -0.3 is 19.1 Å². The van der Waals surface area contributed by atoms with Crippen molar-refractivity contribution in [3.8, 4) is 17.2 Å². The van der Waals surface area contributed by atoms with Crippen molar-refractivity contribution in [1.29, 1.82) is 0 Å². The molecule has 2 rings (SSSR count). The fourth-order valence-electron chi connectivity index (χ4n) is 2.42. The van der Waals surface area contributed by atoms with E-state index >= 15 is 0 Å². The first kappa shape index (κ1) is 18.9. The van der Waals surface area contributed by atoms with E-state index in [1.165, 1.54) is 7.11 Å². The van der Waals surface area contributed by atoms with Gasteiger partial charge in [-0.3, -0.25) is 4.79 Å². The summed E-state index contributed by atoms with van der Waals surface area (Å²) in [5.74, 6) is 1.51. The molecule has 0 aliphatic carbocycles. The van der Waals surface area contributed by atoms with E-state index in [-0.39, 0.29) is 5.91 Å². The Kier molecular flexibility index (Phi) is 6.53. The summed E-state index contributed by atoms with van der Waals surface area (Å²) in [6.45, 7) is 2.79. The second-order valence-corrected chi connectivity index (χ2v) is 5.84. The highest BCUT2D eigenvalue weighted by Crippen LogP contribution is 2.36. The highest BCUT2D eigenvalue weighted by molar-refractivity contribution is 6.32. The van der Waals surface area contributed by atoms with Gasteiger partial charge in [-0.2, -0.15) is 0 Å². The average molecular weight is 364 g/mol. The number of amides is 1. The molecule has 0 aliphatic heterocycles. The van der Waals surface area contributed by atoms with Crippen LogP contribution < -0.4 is 14.2 Å². The topological polar surface area (TPSA) is 48.0 Å². The van der Waals surface area contributed by atoms with Crippen LogP contribution in [-0.2, 0) is 6.54 Å². The molecule has 25 heavy (non-hydrogen) atoms. The molecular weight excluding hydrogens is 342 g/mol. The lowest BCUT2D eigenvalue weighted by atomic mass is 10.1. The van der Waals surface area contributed by atoms with Crippen molar-refractivity contribution in [1.82, 2.24) is 4.90 Å². The van der Waals surface area contributed by atoms with Gasteiger partial charge in [0, 0.05) is 19.2 Å². The molecule has 0 atom stereocenters. The van der Waals surface area contributed by atoms with Gasteiger partial charge in [0.25, 0.3) is 5.91 Å². The third kappa shape index (κ3) is 4.57. The van der Waals surface area contributed by atoms with Crippen molar-refractivity contribution in [3.63, 3.8) is 0 Å². The minimum atomic E-state index is -0.154. The molecule has 0 saturated heterocycles. The molecule has 0 bridgehead atoms. The molecule has 0 radical (unpaired) electrons. The molecule has 134 valence electrons. The third-order valence-electron chi connectivity index (χ3n) is 3.69. The Hall–Kier alpha value is -2.40. The maximum absolute atomic E-state index is 12.7. The molecular formula is C19H22ClNO4. The quantitative estimate of drug-likeness (QED) is 0.745. The Balaban J connectivity index is 2.19. The fourth-order valence-corrected chi connectivity index (χ4v) is 2.69. The Morgan fingerprint density at radius 2 is 1.80 bits per heavy atom. The molecule has 6 heteroatoms. The van der Waals surface area contributed by atoms with Crippen LogP contribution in [0.1, 0.15) is 22.8 Å². The molecule has 0 aliphatic rings. The van der Waals surface area contributed by atoms with E-state index in [9.17, 15) is 4.79 Å². The van der Waals surface area contributed by atoms with Crippen LogP contribution in [0.2, 0.25) is 5.02 Å². The molecule has 5 nitrogen and oxygen atoms in total. The van der Waals surface area contributed by atoms with Gasteiger partial charge in [0.15, 0.2) is 11.5 Å². The Morgan fingerprint density at radius 3 is 2.36 bits per heavy atom. The molecule has 0 unspecified atom stereocenters. The van der Waals surface area contributed by atoms with Crippen molar-refractivity contribution in [2.45, 2.75) is 13.5 Å². The van der Waals surface area contributed by atoms with Crippen LogP contribution in [-0.4, -0.2) is 38.7 Å². The van der Waals surface area contributed by atoms with Crippen molar-refractivity contribution < 1.29 is 19.0 Å². The van der Waals surface area contributed by atoms with E-state index in [0.29, 0.717) is 35.2 Å². The maximum atomic E-state index is 12.7. The lowest BCUT2D eigenvalue weighted by Crippen LogP contribution is -2.26. The molecule has 0 fully saturated rings. The summed E-state index contributed by atoms with van der Waals surface area (Å²) in [7, 11) is 4.88. The zero-order valence-electron chi connectivity index (χ0n) is 14.8. The van der Waals surface area contributed by atoms with Crippen LogP contribution in [0.3, 0.4) is 0 Å². The van der Waals surface area contributed by atoms with Gasteiger partial charge in [0.1, 0.15) is 5.75 Å². The fraction of sp³-hybridized carbons (Fsp3) is 0.316. The maximum Gasteiger partial charge on any atom is 0.254 e. The number of hydrogen-bond acceptors (Lipinski definition) is 4. The number of benzene rings is 2. The first-order chi connectivity index (χ1) is 12.0. The Labute approximate surface area is 153 Å². The minimum Gasteiger partial charge on any atom is -0.497 e. The van der Waals surface area contributed by atoms with E-state index in [1.54, 1.807) is 31.2 Å². The molecule has 0 saturated carbocycles. The zero-order chi connectivity index (χ0) is 18.4. The Bertz CT molecular complexity index is 731. The molecule has 1 amide bonds. The van der Waals surface area contributed by atoms with Crippen LogP contribution in [0.15, 0.2) is 36.4 Å². The van der Waals surface area contributed by atoms with Crippen LogP contribution in [0, 0.1) is 0 Å². The number of carbonyl (C=O) groups is 1. The zero-order valence-corrected chi connectivity index (χ0v) is 15.6. The minimum absolute atomic E-state index is 0.154. The normalized spacial score (nSPS) is 10.3. The number of nitrogens with zero attached hydrogens (tertiary/aromatic N) is 1.